The molecule has 1 atom stereocenters. The fourth-order valence-electron chi connectivity index (χ4n) is 2.61. The lowest BCUT2D eigenvalue weighted by molar-refractivity contribution is 0.142. The molecule has 1 fully saturated rings. The maximum Gasteiger partial charge on any atom is 0.148 e. The number of alkyl halides is 1. The highest BCUT2D eigenvalue weighted by molar-refractivity contribution is 6.16. The molecule has 15 heavy (non-hydrogen) atoms. The zero-order valence-electron chi connectivity index (χ0n) is 9.41. The second-order valence-corrected chi connectivity index (χ2v) is 5.31. The van der Waals surface area contributed by atoms with Crippen molar-refractivity contribution < 1.29 is 0 Å². The predicted octanol–water partition coefficient (Wildman–Crippen LogP) is 3.16. The van der Waals surface area contributed by atoms with Gasteiger partial charge in [-0.1, -0.05) is 26.7 Å². The Morgan fingerprint density at radius 1 is 1.53 bits per heavy atom. The van der Waals surface area contributed by atoms with Gasteiger partial charge < -0.3 is 4.57 Å². The summed E-state index contributed by atoms with van der Waals surface area (Å²) in [5.41, 5.74) is 0.335. The molecule has 1 saturated carbocycles. The molecule has 0 amide bonds. The van der Waals surface area contributed by atoms with E-state index in [4.69, 9.17) is 11.6 Å². The van der Waals surface area contributed by atoms with E-state index < -0.39 is 0 Å². The van der Waals surface area contributed by atoms with Crippen LogP contribution < -0.4 is 0 Å². The van der Waals surface area contributed by atoms with Gasteiger partial charge in [0.05, 0.1) is 5.88 Å². The topological polar surface area (TPSA) is 30.7 Å². The lowest BCUT2D eigenvalue weighted by atomic mass is 9.73. The number of rotatable bonds is 2. The summed E-state index contributed by atoms with van der Waals surface area (Å²) in [6, 6.07) is 0.509. The molecule has 1 aliphatic rings. The van der Waals surface area contributed by atoms with Gasteiger partial charge in [0.25, 0.3) is 0 Å². The minimum absolute atomic E-state index is 0.335. The molecule has 1 aliphatic carbocycles. The van der Waals surface area contributed by atoms with Crippen molar-refractivity contribution in [1.82, 2.24) is 14.8 Å². The van der Waals surface area contributed by atoms with Gasteiger partial charge in [-0.3, -0.25) is 0 Å². The van der Waals surface area contributed by atoms with Crippen LogP contribution in [0.25, 0.3) is 0 Å². The van der Waals surface area contributed by atoms with E-state index in [1.807, 2.05) is 6.33 Å². The van der Waals surface area contributed by atoms with E-state index in [0.29, 0.717) is 17.3 Å². The Kier molecular flexibility index (Phi) is 3.01. The average molecular weight is 228 g/mol. The third-order valence-electron chi connectivity index (χ3n) is 3.55. The summed E-state index contributed by atoms with van der Waals surface area (Å²) in [6.45, 7) is 4.66. The molecule has 4 heteroatoms. The summed E-state index contributed by atoms with van der Waals surface area (Å²) < 4.78 is 2.17. The van der Waals surface area contributed by atoms with E-state index >= 15 is 0 Å². The maximum absolute atomic E-state index is 5.86. The second-order valence-electron chi connectivity index (χ2n) is 5.04. The lowest BCUT2D eigenvalue weighted by Gasteiger charge is -2.39. The van der Waals surface area contributed by atoms with Crippen LogP contribution in [0.5, 0.6) is 0 Å². The number of halogens is 1. The van der Waals surface area contributed by atoms with Crippen LogP contribution in [0.3, 0.4) is 0 Å². The Balaban J connectivity index is 2.28. The molecule has 0 N–H and O–H groups in total. The normalized spacial score (nSPS) is 25.4. The molecule has 84 valence electrons. The van der Waals surface area contributed by atoms with Crippen LogP contribution in [0, 0.1) is 5.41 Å². The Hall–Kier alpha value is -0.570. The predicted molar refractivity (Wildman–Crippen MR) is 60.9 cm³/mol. The van der Waals surface area contributed by atoms with Crippen LogP contribution in [0.15, 0.2) is 6.33 Å². The third-order valence-corrected chi connectivity index (χ3v) is 3.79. The molecule has 0 saturated heterocycles. The number of aromatic nitrogens is 3. The fraction of sp³-hybridized carbons (Fsp3) is 0.818. The van der Waals surface area contributed by atoms with E-state index in [2.05, 4.69) is 28.6 Å². The van der Waals surface area contributed by atoms with E-state index in [1.54, 1.807) is 0 Å². The first-order valence-corrected chi connectivity index (χ1v) is 6.13. The zero-order chi connectivity index (χ0) is 10.9. The van der Waals surface area contributed by atoms with Gasteiger partial charge in [0, 0.05) is 6.04 Å². The van der Waals surface area contributed by atoms with Gasteiger partial charge in [-0.25, -0.2) is 0 Å². The SMILES string of the molecule is CC1(C)CCCCC1n1cnnc1CCl. The van der Waals surface area contributed by atoms with Crippen LogP contribution in [0.2, 0.25) is 0 Å². The molecule has 1 aromatic rings. The zero-order valence-corrected chi connectivity index (χ0v) is 10.2. The van der Waals surface area contributed by atoms with E-state index in [9.17, 15) is 0 Å². The second kappa shape index (κ2) is 4.12. The fourth-order valence-corrected chi connectivity index (χ4v) is 2.81. The van der Waals surface area contributed by atoms with E-state index in [-0.39, 0.29) is 0 Å². The average Bonchev–Trinajstić information content (AvgIpc) is 2.64. The van der Waals surface area contributed by atoms with Crippen LogP contribution >= 0.6 is 11.6 Å². The largest absolute Gasteiger partial charge is 0.313 e. The Bertz CT molecular complexity index is 332. The van der Waals surface area contributed by atoms with Crippen LogP contribution in [0.1, 0.15) is 51.4 Å². The molecule has 1 unspecified atom stereocenters. The van der Waals surface area contributed by atoms with Gasteiger partial charge >= 0.3 is 0 Å². The summed E-state index contributed by atoms with van der Waals surface area (Å²) in [6.07, 6.45) is 6.96. The van der Waals surface area contributed by atoms with Crippen molar-refractivity contribution in [2.45, 2.75) is 51.5 Å². The summed E-state index contributed by atoms with van der Waals surface area (Å²) in [4.78, 5) is 0. The first kappa shape index (κ1) is 10.9. The monoisotopic (exact) mass is 227 g/mol. The molecule has 3 nitrogen and oxygen atoms in total. The Morgan fingerprint density at radius 3 is 3.00 bits per heavy atom. The molecule has 1 aromatic heterocycles. The van der Waals surface area contributed by atoms with E-state index in [0.717, 1.165) is 5.82 Å². The van der Waals surface area contributed by atoms with Crippen LogP contribution in [-0.4, -0.2) is 14.8 Å². The van der Waals surface area contributed by atoms with Crippen molar-refractivity contribution in [3.8, 4) is 0 Å². The van der Waals surface area contributed by atoms with Gasteiger partial charge in [0.2, 0.25) is 0 Å². The molecular weight excluding hydrogens is 210 g/mol. The quantitative estimate of drug-likeness (QED) is 0.727. The van der Waals surface area contributed by atoms with Crippen molar-refractivity contribution in [1.29, 1.82) is 0 Å². The Morgan fingerprint density at radius 2 is 2.33 bits per heavy atom. The molecule has 2 rings (SSSR count). The summed E-state index contributed by atoms with van der Waals surface area (Å²) in [5, 5.41) is 8.02. The minimum Gasteiger partial charge on any atom is -0.313 e. The molecule has 0 aromatic carbocycles. The van der Waals surface area contributed by atoms with Gasteiger partial charge in [0.1, 0.15) is 12.2 Å². The molecule has 0 bridgehead atoms. The van der Waals surface area contributed by atoms with Crippen molar-refractivity contribution >= 4 is 11.6 Å². The van der Waals surface area contributed by atoms with Crippen molar-refractivity contribution in [3.63, 3.8) is 0 Å². The highest BCUT2D eigenvalue weighted by atomic mass is 35.5. The highest BCUT2D eigenvalue weighted by Crippen LogP contribution is 2.43. The number of hydrogen-bond acceptors (Lipinski definition) is 2. The standard InChI is InChI=1S/C11H18ClN3/c1-11(2)6-4-3-5-9(11)15-8-13-14-10(15)7-12/h8-9H,3-7H2,1-2H3. The van der Waals surface area contributed by atoms with Gasteiger partial charge in [-0.05, 0) is 18.3 Å². The van der Waals surface area contributed by atoms with Crippen LogP contribution in [0.4, 0.5) is 0 Å². The molecule has 0 radical (unpaired) electrons. The highest BCUT2D eigenvalue weighted by Gasteiger charge is 2.34. The number of nitrogens with zero attached hydrogens (tertiary/aromatic N) is 3. The van der Waals surface area contributed by atoms with E-state index in [1.165, 1.54) is 25.7 Å². The third kappa shape index (κ3) is 2.03. The van der Waals surface area contributed by atoms with Crippen molar-refractivity contribution in [2.24, 2.45) is 5.41 Å². The van der Waals surface area contributed by atoms with Crippen LogP contribution in [-0.2, 0) is 5.88 Å². The van der Waals surface area contributed by atoms with Crippen molar-refractivity contribution in [3.05, 3.63) is 12.2 Å². The minimum atomic E-state index is 0.335. The first-order chi connectivity index (χ1) is 7.15. The number of hydrogen-bond donors (Lipinski definition) is 0. The lowest BCUT2D eigenvalue weighted by Crippen LogP contribution is -2.31. The summed E-state index contributed by atoms with van der Waals surface area (Å²) >= 11 is 5.86. The first-order valence-electron chi connectivity index (χ1n) is 5.59. The van der Waals surface area contributed by atoms with Crippen molar-refractivity contribution in [2.75, 3.05) is 0 Å². The van der Waals surface area contributed by atoms with Gasteiger partial charge in [0.15, 0.2) is 0 Å². The summed E-state index contributed by atoms with van der Waals surface area (Å²) in [5.74, 6) is 1.35. The smallest absolute Gasteiger partial charge is 0.148 e. The summed E-state index contributed by atoms with van der Waals surface area (Å²) in [7, 11) is 0. The molecule has 1 heterocycles. The molecule has 0 aliphatic heterocycles. The van der Waals surface area contributed by atoms with Gasteiger partial charge in [-0.2, -0.15) is 0 Å². The maximum atomic E-state index is 5.86. The molecular formula is C11H18ClN3. The molecule has 0 spiro atoms. The van der Waals surface area contributed by atoms with Gasteiger partial charge in [-0.15, -0.1) is 21.8 Å². The Labute approximate surface area is 95.8 Å².